The van der Waals surface area contributed by atoms with Gasteiger partial charge in [-0.15, -0.1) is 13.2 Å². The summed E-state index contributed by atoms with van der Waals surface area (Å²) in [5.41, 5.74) is -0.104. The molecule has 6 heteroatoms. The van der Waals surface area contributed by atoms with Crippen molar-refractivity contribution in [3.63, 3.8) is 0 Å². The van der Waals surface area contributed by atoms with Gasteiger partial charge >= 0.3 is 12.3 Å². The van der Waals surface area contributed by atoms with E-state index in [9.17, 15) is 23.1 Å². The van der Waals surface area contributed by atoms with Crippen molar-refractivity contribution < 1.29 is 27.8 Å². The average molecular weight is 276 g/mol. The molecule has 19 heavy (non-hydrogen) atoms. The van der Waals surface area contributed by atoms with Crippen molar-refractivity contribution in [1.82, 2.24) is 0 Å². The third-order valence-electron chi connectivity index (χ3n) is 2.56. The number of carboxylic acids is 1. The number of carbonyl (C=O) groups is 1. The fourth-order valence-electron chi connectivity index (χ4n) is 1.87. The second-order valence-corrected chi connectivity index (χ2v) is 5.25. The number of rotatable bonds is 3. The lowest BCUT2D eigenvalue weighted by atomic mass is 9.76. The van der Waals surface area contributed by atoms with E-state index in [0.29, 0.717) is 5.56 Å². The first-order chi connectivity index (χ1) is 8.50. The fraction of sp³-hybridized carbons (Fsp3) is 0.462. The molecule has 0 amide bonds. The maximum absolute atomic E-state index is 12.0. The molecule has 0 aromatic heterocycles. The van der Waals surface area contributed by atoms with Crippen LogP contribution in [0, 0.1) is 5.41 Å². The molecule has 1 aromatic carbocycles. The van der Waals surface area contributed by atoms with Gasteiger partial charge in [-0.3, -0.25) is 4.79 Å². The Balaban J connectivity index is 3.00. The third-order valence-corrected chi connectivity index (χ3v) is 2.56. The van der Waals surface area contributed by atoms with Crippen LogP contribution in [0.2, 0.25) is 0 Å². The summed E-state index contributed by atoms with van der Waals surface area (Å²) >= 11 is 0. The highest BCUT2D eigenvalue weighted by Crippen LogP contribution is 2.36. The fourth-order valence-corrected chi connectivity index (χ4v) is 1.87. The molecule has 0 radical (unpaired) electrons. The number of aliphatic carboxylic acids is 1. The molecule has 1 rings (SSSR count). The molecule has 0 heterocycles. The SMILES string of the molecule is CC(C)(C)C(C(=O)O)c1ccc(OC(F)(F)F)cc1. The standard InChI is InChI=1S/C13H15F3O3/c1-12(2,3)10(11(17)18)8-4-6-9(7-5-8)19-13(14,15)16/h4-7,10H,1-3H3,(H,17,18). The molecule has 0 saturated heterocycles. The van der Waals surface area contributed by atoms with E-state index < -0.39 is 23.7 Å². The Morgan fingerprint density at radius 1 is 1.16 bits per heavy atom. The van der Waals surface area contributed by atoms with Gasteiger partial charge in [-0.25, -0.2) is 0 Å². The first-order valence-electron chi connectivity index (χ1n) is 5.59. The zero-order chi connectivity index (χ0) is 14.8. The second-order valence-electron chi connectivity index (χ2n) is 5.25. The smallest absolute Gasteiger partial charge is 0.481 e. The Kier molecular flexibility index (Phi) is 4.12. The number of halogens is 3. The van der Waals surface area contributed by atoms with Crippen LogP contribution in [0.5, 0.6) is 5.75 Å². The number of ether oxygens (including phenoxy) is 1. The number of hydrogen-bond donors (Lipinski definition) is 1. The van der Waals surface area contributed by atoms with Crippen LogP contribution in [0.15, 0.2) is 24.3 Å². The summed E-state index contributed by atoms with van der Waals surface area (Å²) in [5.74, 6) is -2.18. The van der Waals surface area contributed by atoms with Gasteiger partial charge < -0.3 is 9.84 Å². The van der Waals surface area contributed by atoms with Crippen molar-refractivity contribution in [3.8, 4) is 5.75 Å². The van der Waals surface area contributed by atoms with Gasteiger partial charge in [0, 0.05) is 0 Å². The molecule has 1 N–H and O–H groups in total. The van der Waals surface area contributed by atoms with Crippen molar-refractivity contribution in [2.45, 2.75) is 33.1 Å². The highest BCUT2D eigenvalue weighted by atomic mass is 19.4. The third kappa shape index (κ3) is 4.46. The summed E-state index contributed by atoms with van der Waals surface area (Å²) in [7, 11) is 0. The predicted octanol–water partition coefficient (Wildman–Crippen LogP) is 3.80. The average Bonchev–Trinajstić information content (AvgIpc) is 2.15. The summed E-state index contributed by atoms with van der Waals surface area (Å²) in [6, 6.07) is 4.91. The normalized spacial score (nSPS) is 14.0. The first-order valence-corrected chi connectivity index (χ1v) is 5.59. The molecule has 0 saturated carbocycles. The van der Waals surface area contributed by atoms with Crippen molar-refractivity contribution in [3.05, 3.63) is 29.8 Å². The van der Waals surface area contributed by atoms with Gasteiger partial charge in [0.05, 0.1) is 5.92 Å². The molecule has 3 nitrogen and oxygen atoms in total. The van der Waals surface area contributed by atoms with Crippen LogP contribution in [-0.4, -0.2) is 17.4 Å². The highest BCUT2D eigenvalue weighted by Gasteiger charge is 2.34. The van der Waals surface area contributed by atoms with E-state index in [4.69, 9.17) is 0 Å². The van der Waals surface area contributed by atoms with Crippen molar-refractivity contribution >= 4 is 5.97 Å². The van der Waals surface area contributed by atoms with Crippen LogP contribution in [0.4, 0.5) is 13.2 Å². The molecule has 1 aromatic rings. The molecule has 106 valence electrons. The summed E-state index contributed by atoms with van der Waals surface area (Å²) < 4.78 is 39.7. The number of carboxylic acid groups (broad SMARTS) is 1. The minimum atomic E-state index is -4.75. The topological polar surface area (TPSA) is 46.5 Å². The number of hydrogen-bond acceptors (Lipinski definition) is 2. The van der Waals surface area contributed by atoms with E-state index in [2.05, 4.69) is 4.74 Å². The zero-order valence-electron chi connectivity index (χ0n) is 10.8. The molecule has 0 aliphatic carbocycles. The minimum Gasteiger partial charge on any atom is -0.481 e. The Morgan fingerprint density at radius 3 is 1.95 bits per heavy atom. The van der Waals surface area contributed by atoms with E-state index >= 15 is 0 Å². The van der Waals surface area contributed by atoms with E-state index in [1.165, 1.54) is 12.1 Å². The lowest BCUT2D eigenvalue weighted by Crippen LogP contribution is -2.26. The predicted molar refractivity (Wildman–Crippen MR) is 63.0 cm³/mol. The Labute approximate surface area is 109 Å². The van der Waals surface area contributed by atoms with Gasteiger partial charge in [0.1, 0.15) is 5.75 Å². The van der Waals surface area contributed by atoms with E-state index in [0.717, 1.165) is 12.1 Å². The van der Waals surface area contributed by atoms with Crippen molar-refractivity contribution in [2.75, 3.05) is 0 Å². The van der Waals surface area contributed by atoms with E-state index in [1.807, 2.05) is 0 Å². The molecular weight excluding hydrogens is 261 g/mol. The molecule has 0 spiro atoms. The first kappa shape index (κ1) is 15.3. The lowest BCUT2D eigenvalue weighted by Gasteiger charge is -2.27. The number of alkyl halides is 3. The molecule has 0 aliphatic rings. The molecule has 1 atom stereocenters. The molecule has 0 bridgehead atoms. The van der Waals surface area contributed by atoms with E-state index in [1.54, 1.807) is 20.8 Å². The quantitative estimate of drug-likeness (QED) is 0.913. The van der Waals surface area contributed by atoms with Crippen LogP contribution < -0.4 is 4.74 Å². The largest absolute Gasteiger partial charge is 0.573 e. The highest BCUT2D eigenvalue weighted by molar-refractivity contribution is 5.77. The molecule has 0 aliphatic heterocycles. The summed E-state index contributed by atoms with van der Waals surface area (Å²) in [4.78, 5) is 11.2. The van der Waals surface area contributed by atoms with Gasteiger partial charge in [-0.2, -0.15) is 0 Å². The van der Waals surface area contributed by atoms with Gasteiger partial charge in [0.25, 0.3) is 0 Å². The van der Waals surface area contributed by atoms with Crippen LogP contribution in [0.1, 0.15) is 32.3 Å². The lowest BCUT2D eigenvalue weighted by molar-refractivity contribution is -0.274. The minimum absolute atomic E-state index is 0.366. The van der Waals surface area contributed by atoms with Crippen LogP contribution >= 0.6 is 0 Å². The number of benzene rings is 1. The van der Waals surface area contributed by atoms with Crippen LogP contribution in [0.3, 0.4) is 0 Å². The van der Waals surface area contributed by atoms with Gasteiger partial charge in [0.15, 0.2) is 0 Å². The summed E-state index contributed by atoms with van der Waals surface area (Å²) in [5, 5.41) is 9.21. The van der Waals surface area contributed by atoms with Crippen molar-refractivity contribution in [1.29, 1.82) is 0 Å². The second kappa shape index (κ2) is 5.11. The van der Waals surface area contributed by atoms with E-state index in [-0.39, 0.29) is 5.75 Å². The monoisotopic (exact) mass is 276 g/mol. The molecule has 1 unspecified atom stereocenters. The van der Waals surface area contributed by atoms with Crippen LogP contribution in [-0.2, 0) is 4.79 Å². The summed E-state index contributed by atoms with van der Waals surface area (Å²) in [6.45, 7) is 5.27. The Bertz CT molecular complexity index is 444. The van der Waals surface area contributed by atoms with Crippen molar-refractivity contribution in [2.24, 2.45) is 5.41 Å². The Morgan fingerprint density at radius 2 is 1.63 bits per heavy atom. The van der Waals surface area contributed by atoms with Crippen LogP contribution in [0.25, 0.3) is 0 Å². The summed E-state index contributed by atoms with van der Waals surface area (Å²) in [6.07, 6.45) is -4.75. The van der Waals surface area contributed by atoms with Gasteiger partial charge in [-0.05, 0) is 23.1 Å². The maximum atomic E-state index is 12.0. The maximum Gasteiger partial charge on any atom is 0.573 e. The molecular formula is C13H15F3O3. The molecule has 0 fully saturated rings. The van der Waals surface area contributed by atoms with Gasteiger partial charge in [0.2, 0.25) is 0 Å². The Hall–Kier alpha value is -1.72. The zero-order valence-corrected chi connectivity index (χ0v) is 10.8. The van der Waals surface area contributed by atoms with Gasteiger partial charge in [-0.1, -0.05) is 32.9 Å².